The molecular formula is C16H18N6O2S2. The van der Waals surface area contributed by atoms with Crippen molar-refractivity contribution in [2.75, 3.05) is 12.3 Å². The zero-order valence-corrected chi connectivity index (χ0v) is 16.0. The van der Waals surface area contributed by atoms with Gasteiger partial charge in [0.15, 0.2) is 10.8 Å². The van der Waals surface area contributed by atoms with E-state index in [-0.39, 0.29) is 5.75 Å². The van der Waals surface area contributed by atoms with Gasteiger partial charge in [-0.05, 0) is 31.7 Å². The molecule has 0 aromatic carbocycles. The van der Waals surface area contributed by atoms with Gasteiger partial charge in [-0.2, -0.15) is 0 Å². The average Bonchev–Trinajstić information content (AvgIpc) is 3.22. The van der Waals surface area contributed by atoms with E-state index in [1.54, 1.807) is 15.7 Å². The Kier molecular flexibility index (Phi) is 5.84. The third kappa shape index (κ3) is 4.58. The Morgan fingerprint density at radius 3 is 2.92 bits per heavy atom. The Hall–Kier alpha value is -2.46. The molecule has 0 saturated heterocycles. The Morgan fingerprint density at radius 2 is 2.15 bits per heavy atom. The molecule has 0 unspecified atom stereocenters. The second-order valence-corrected chi connectivity index (χ2v) is 7.52. The normalized spacial score (nSPS) is 10.8. The van der Waals surface area contributed by atoms with E-state index in [0.29, 0.717) is 17.3 Å². The van der Waals surface area contributed by atoms with Crippen LogP contribution in [0.1, 0.15) is 16.4 Å². The number of hydrogen-bond acceptors (Lipinski definition) is 7. The van der Waals surface area contributed by atoms with E-state index >= 15 is 0 Å². The van der Waals surface area contributed by atoms with Crippen molar-refractivity contribution < 1.29 is 9.59 Å². The summed E-state index contributed by atoms with van der Waals surface area (Å²) in [5.74, 6) is 0.421. The summed E-state index contributed by atoms with van der Waals surface area (Å²) in [6, 6.07) is 5.30. The predicted molar refractivity (Wildman–Crippen MR) is 101 cm³/mol. The number of carbonyl (C=O) groups excluding carboxylic acids is 2. The van der Waals surface area contributed by atoms with Crippen LogP contribution in [0.15, 0.2) is 28.7 Å². The van der Waals surface area contributed by atoms with Crippen LogP contribution in [0.5, 0.6) is 0 Å². The third-order valence-electron chi connectivity index (χ3n) is 3.48. The minimum Gasteiger partial charge on any atom is -0.337 e. The summed E-state index contributed by atoms with van der Waals surface area (Å²) in [6.07, 6.45) is 0.742. The van der Waals surface area contributed by atoms with Crippen LogP contribution in [0.25, 0.3) is 5.65 Å². The van der Waals surface area contributed by atoms with E-state index in [4.69, 9.17) is 0 Å². The molecule has 0 aliphatic carbocycles. The van der Waals surface area contributed by atoms with Gasteiger partial charge in [0.2, 0.25) is 5.91 Å². The highest BCUT2D eigenvalue weighted by atomic mass is 32.2. The number of aryl methyl sites for hydroxylation is 2. The molecule has 0 aliphatic rings. The monoisotopic (exact) mass is 390 g/mol. The van der Waals surface area contributed by atoms with Gasteiger partial charge in [-0.3, -0.25) is 14.5 Å². The van der Waals surface area contributed by atoms with Crippen LogP contribution in [-0.2, 0) is 11.2 Å². The van der Waals surface area contributed by atoms with Gasteiger partial charge in [0, 0.05) is 23.2 Å². The summed E-state index contributed by atoms with van der Waals surface area (Å²) in [4.78, 5) is 29.3. The predicted octanol–water partition coefficient (Wildman–Crippen LogP) is 1.96. The summed E-state index contributed by atoms with van der Waals surface area (Å²) in [5.41, 5.74) is 1.54. The topological polar surface area (TPSA) is 101 Å². The van der Waals surface area contributed by atoms with E-state index in [2.05, 4.69) is 25.8 Å². The molecule has 3 aromatic heterocycles. The molecule has 3 amide bonds. The van der Waals surface area contributed by atoms with Gasteiger partial charge in [0.25, 0.3) is 0 Å². The molecule has 0 bridgehead atoms. The second kappa shape index (κ2) is 8.28. The highest BCUT2D eigenvalue weighted by Gasteiger charge is 2.13. The number of imide groups is 1. The zero-order valence-electron chi connectivity index (χ0n) is 14.4. The zero-order chi connectivity index (χ0) is 18.5. The van der Waals surface area contributed by atoms with Crippen LogP contribution in [0.2, 0.25) is 0 Å². The van der Waals surface area contributed by atoms with Crippen LogP contribution in [0.3, 0.4) is 0 Å². The van der Waals surface area contributed by atoms with Crippen molar-refractivity contribution in [3.63, 3.8) is 0 Å². The Labute approximate surface area is 158 Å². The number of nitrogens with zero attached hydrogens (tertiary/aromatic N) is 4. The number of urea groups is 1. The Balaban J connectivity index is 1.47. The summed E-state index contributed by atoms with van der Waals surface area (Å²) in [6.45, 7) is 4.22. The van der Waals surface area contributed by atoms with E-state index in [1.807, 2.05) is 37.4 Å². The maximum Gasteiger partial charge on any atom is 0.321 e. The molecule has 3 rings (SSSR count). The van der Waals surface area contributed by atoms with Gasteiger partial charge < -0.3 is 5.32 Å². The quantitative estimate of drug-likeness (QED) is 0.624. The van der Waals surface area contributed by atoms with Gasteiger partial charge in [-0.15, -0.1) is 21.5 Å². The standard InChI is InChI=1S/C16H18N6O2S2/c1-10-8-13-20-21-16(22(13)11(2)18-10)26-9-14(23)19-15(24)17-6-5-12-4-3-7-25-12/h3-4,7-8H,5-6,9H2,1-2H3,(H2,17,19,23,24). The summed E-state index contributed by atoms with van der Waals surface area (Å²) >= 11 is 2.84. The van der Waals surface area contributed by atoms with Crippen molar-refractivity contribution in [2.24, 2.45) is 0 Å². The molecule has 8 nitrogen and oxygen atoms in total. The number of thioether (sulfide) groups is 1. The second-order valence-electron chi connectivity index (χ2n) is 5.54. The lowest BCUT2D eigenvalue weighted by molar-refractivity contribution is -0.117. The first kappa shape index (κ1) is 18.3. The van der Waals surface area contributed by atoms with Crippen molar-refractivity contribution in [1.29, 1.82) is 0 Å². The molecule has 0 fully saturated rings. The fourth-order valence-corrected chi connectivity index (χ4v) is 3.88. The number of amides is 3. The largest absolute Gasteiger partial charge is 0.337 e. The minimum absolute atomic E-state index is 0.0620. The molecule has 0 spiro atoms. The number of fused-ring (bicyclic) bond motifs is 1. The molecule has 0 aliphatic heterocycles. The first-order valence-electron chi connectivity index (χ1n) is 7.95. The molecule has 2 N–H and O–H groups in total. The van der Waals surface area contributed by atoms with E-state index in [1.165, 1.54) is 16.6 Å². The maximum absolute atomic E-state index is 12.0. The Morgan fingerprint density at radius 1 is 1.31 bits per heavy atom. The van der Waals surface area contributed by atoms with Gasteiger partial charge in [0.05, 0.1) is 5.75 Å². The maximum atomic E-state index is 12.0. The average molecular weight is 390 g/mol. The van der Waals surface area contributed by atoms with Gasteiger partial charge in [-0.25, -0.2) is 9.78 Å². The highest BCUT2D eigenvalue weighted by Crippen LogP contribution is 2.18. The smallest absolute Gasteiger partial charge is 0.321 e. The third-order valence-corrected chi connectivity index (χ3v) is 5.35. The summed E-state index contributed by atoms with van der Waals surface area (Å²) in [7, 11) is 0. The van der Waals surface area contributed by atoms with Crippen molar-refractivity contribution in [3.05, 3.63) is 40.0 Å². The van der Waals surface area contributed by atoms with Gasteiger partial charge in [0.1, 0.15) is 5.82 Å². The van der Waals surface area contributed by atoms with Crippen LogP contribution in [0, 0.1) is 13.8 Å². The van der Waals surface area contributed by atoms with E-state index in [0.717, 1.165) is 17.9 Å². The summed E-state index contributed by atoms with van der Waals surface area (Å²) < 4.78 is 1.78. The van der Waals surface area contributed by atoms with Crippen LogP contribution < -0.4 is 10.6 Å². The van der Waals surface area contributed by atoms with Gasteiger partial charge in [-0.1, -0.05) is 17.8 Å². The first-order chi connectivity index (χ1) is 12.5. The van der Waals surface area contributed by atoms with Crippen LogP contribution in [0.4, 0.5) is 4.79 Å². The number of nitrogens with one attached hydrogen (secondary N) is 2. The number of hydrogen-bond donors (Lipinski definition) is 2. The molecule has 26 heavy (non-hydrogen) atoms. The lowest BCUT2D eigenvalue weighted by Gasteiger charge is -2.06. The fourth-order valence-electron chi connectivity index (χ4n) is 2.39. The molecule has 10 heteroatoms. The van der Waals surface area contributed by atoms with Crippen molar-refractivity contribution in [3.8, 4) is 0 Å². The number of aromatic nitrogens is 4. The van der Waals surface area contributed by atoms with E-state index in [9.17, 15) is 9.59 Å². The van der Waals surface area contributed by atoms with Crippen molar-refractivity contribution in [2.45, 2.75) is 25.4 Å². The number of carbonyl (C=O) groups is 2. The SMILES string of the molecule is Cc1cc2nnc(SCC(=O)NC(=O)NCCc3cccs3)n2c(C)n1. The molecule has 3 heterocycles. The minimum atomic E-state index is -0.494. The van der Waals surface area contributed by atoms with Crippen LogP contribution >= 0.6 is 23.1 Å². The van der Waals surface area contributed by atoms with Crippen LogP contribution in [-0.4, -0.2) is 43.8 Å². The van der Waals surface area contributed by atoms with E-state index < -0.39 is 11.9 Å². The number of rotatable bonds is 6. The lowest BCUT2D eigenvalue weighted by atomic mass is 10.3. The Bertz CT molecular complexity index is 922. The van der Waals surface area contributed by atoms with Crippen molar-refractivity contribution >= 4 is 40.7 Å². The summed E-state index contributed by atoms with van der Waals surface area (Å²) in [5, 5.41) is 15.7. The first-order valence-corrected chi connectivity index (χ1v) is 9.81. The van der Waals surface area contributed by atoms with Crippen molar-refractivity contribution in [1.82, 2.24) is 30.2 Å². The molecule has 0 radical (unpaired) electrons. The van der Waals surface area contributed by atoms with Gasteiger partial charge >= 0.3 is 6.03 Å². The highest BCUT2D eigenvalue weighted by molar-refractivity contribution is 7.99. The molecule has 3 aromatic rings. The fraction of sp³-hybridized carbons (Fsp3) is 0.312. The lowest BCUT2D eigenvalue weighted by Crippen LogP contribution is -2.41. The molecule has 0 atom stereocenters. The molecule has 136 valence electrons. The molecular weight excluding hydrogens is 372 g/mol. The molecule has 0 saturated carbocycles. The number of thiophene rings is 1.